The molecule has 0 unspecified atom stereocenters. The Labute approximate surface area is 169 Å². The third-order valence-electron chi connectivity index (χ3n) is 6.97. The van der Waals surface area contributed by atoms with Gasteiger partial charge in [0.2, 0.25) is 5.91 Å². The van der Waals surface area contributed by atoms with Crippen LogP contribution in [0.15, 0.2) is 24.3 Å². The van der Waals surface area contributed by atoms with E-state index >= 15 is 0 Å². The number of aromatic nitrogens is 1. The largest absolute Gasteiger partial charge is 0.353 e. The van der Waals surface area contributed by atoms with E-state index in [0.717, 1.165) is 39.0 Å². The van der Waals surface area contributed by atoms with Crippen LogP contribution in [0.1, 0.15) is 63.1 Å². The van der Waals surface area contributed by atoms with Crippen LogP contribution >= 0.6 is 0 Å². The Morgan fingerprint density at radius 2 is 1.79 bits per heavy atom. The van der Waals surface area contributed by atoms with Gasteiger partial charge in [-0.15, -0.1) is 0 Å². The van der Waals surface area contributed by atoms with Gasteiger partial charge in [0, 0.05) is 41.6 Å². The number of aryl methyl sites for hydroxylation is 1. The molecule has 1 saturated heterocycles. The Bertz CT molecular complexity index is 811. The van der Waals surface area contributed by atoms with Crippen LogP contribution in [-0.4, -0.2) is 34.5 Å². The van der Waals surface area contributed by atoms with E-state index in [2.05, 4.69) is 52.9 Å². The molecule has 1 aromatic carbocycles. The zero-order valence-electron chi connectivity index (χ0n) is 17.5. The summed E-state index contributed by atoms with van der Waals surface area (Å²) in [6.45, 7) is 8.52. The van der Waals surface area contributed by atoms with Crippen molar-refractivity contribution in [1.29, 1.82) is 0 Å². The van der Waals surface area contributed by atoms with Crippen LogP contribution in [0.2, 0.25) is 0 Å². The monoisotopic (exact) mass is 381 g/mol. The molecule has 1 saturated carbocycles. The van der Waals surface area contributed by atoms with E-state index in [9.17, 15) is 4.79 Å². The minimum atomic E-state index is 0.205. The SMILES string of the molecule is CCn1c(C)c(CN2CCC(C(=O)NC3CCCCC3)CC2)c2ccccc21. The molecule has 2 aliphatic rings. The molecule has 4 nitrogen and oxygen atoms in total. The number of nitrogens with zero attached hydrogens (tertiary/aromatic N) is 2. The first-order chi connectivity index (χ1) is 13.7. The van der Waals surface area contributed by atoms with Gasteiger partial charge < -0.3 is 9.88 Å². The third-order valence-corrected chi connectivity index (χ3v) is 6.97. The highest BCUT2D eigenvalue weighted by Crippen LogP contribution is 2.29. The number of carbonyl (C=O) groups excluding carboxylic acids is 1. The zero-order valence-corrected chi connectivity index (χ0v) is 17.5. The maximum atomic E-state index is 12.7. The average molecular weight is 382 g/mol. The molecule has 2 fully saturated rings. The Morgan fingerprint density at radius 1 is 1.07 bits per heavy atom. The summed E-state index contributed by atoms with van der Waals surface area (Å²) >= 11 is 0. The number of amides is 1. The van der Waals surface area contributed by atoms with Crippen molar-refractivity contribution in [2.45, 2.75) is 77.9 Å². The first-order valence-corrected chi connectivity index (χ1v) is 11.3. The maximum absolute atomic E-state index is 12.7. The van der Waals surface area contributed by atoms with Gasteiger partial charge in [-0.25, -0.2) is 0 Å². The number of rotatable bonds is 5. The molecule has 28 heavy (non-hydrogen) atoms. The summed E-state index contributed by atoms with van der Waals surface area (Å²) < 4.78 is 2.43. The number of fused-ring (bicyclic) bond motifs is 1. The standard InChI is InChI=1S/C24H35N3O/c1-3-27-18(2)22(21-11-7-8-12-23(21)27)17-26-15-13-19(14-16-26)24(28)25-20-9-5-4-6-10-20/h7-8,11-12,19-20H,3-6,9-10,13-17H2,1-2H3,(H,25,28). The lowest BCUT2D eigenvalue weighted by molar-refractivity contribution is -0.127. The Hall–Kier alpha value is -1.81. The average Bonchev–Trinajstić information content (AvgIpc) is 3.00. The van der Waals surface area contributed by atoms with Crippen molar-refractivity contribution >= 4 is 16.8 Å². The Kier molecular flexibility index (Phi) is 6.05. The Morgan fingerprint density at radius 3 is 2.50 bits per heavy atom. The van der Waals surface area contributed by atoms with Crippen LogP contribution in [0.5, 0.6) is 0 Å². The summed E-state index contributed by atoms with van der Waals surface area (Å²) in [7, 11) is 0. The van der Waals surface area contributed by atoms with E-state index < -0.39 is 0 Å². The summed E-state index contributed by atoms with van der Waals surface area (Å²) in [4.78, 5) is 15.2. The fourth-order valence-corrected chi connectivity index (χ4v) is 5.25. The van der Waals surface area contributed by atoms with E-state index in [1.807, 2.05) is 0 Å². The normalized spacial score (nSPS) is 19.9. The molecule has 152 valence electrons. The van der Waals surface area contributed by atoms with Gasteiger partial charge in [0.25, 0.3) is 0 Å². The number of benzene rings is 1. The van der Waals surface area contributed by atoms with Crippen LogP contribution in [-0.2, 0) is 17.9 Å². The fraction of sp³-hybridized carbons (Fsp3) is 0.625. The van der Waals surface area contributed by atoms with Crippen molar-refractivity contribution in [2.24, 2.45) is 5.92 Å². The molecular formula is C24H35N3O. The molecule has 1 aliphatic heterocycles. The predicted octanol–water partition coefficient (Wildman–Crippen LogP) is 4.63. The minimum absolute atomic E-state index is 0.205. The van der Waals surface area contributed by atoms with E-state index in [1.165, 1.54) is 54.3 Å². The van der Waals surface area contributed by atoms with Crippen LogP contribution in [0.3, 0.4) is 0 Å². The second-order valence-electron chi connectivity index (χ2n) is 8.72. The van der Waals surface area contributed by atoms with E-state index in [0.29, 0.717) is 11.9 Å². The number of likely N-dealkylation sites (tertiary alicyclic amines) is 1. The highest BCUT2D eigenvalue weighted by atomic mass is 16.1. The van der Waals surface area contributed by atoms with Crippen molar-refractivity contribution in [3.05, 3.63) is 35.5 Å². The highest BCUT2D eigenvalue weighted by molar-refractivity contribution is 5.85. The molecule has 1 amide bonds. The second-order valence-corrected chi connectivity index (χ2v) is 8.72. The lowest BCUT2D eigenvalue weighted by Crippen LogP contribution is -2.44. The Balaban J connectivity index is 1.36. The first-order valence-electron chi connectivity index (χ1n) is 11.3. The quantitative estimate of drug-likeness (QED) is 0.820. The van der Waals surface area contributed by atoms with Crippen LogP contribution < -0.4 is 5.32 Å². The van der Waals surface area contributed by atoms with Gasteiger partial charge in [0.15, 0.2) is 0 Å². The molecule has 0 bridgehead atoms. The van der Waals surface area contributed by atoms with Gasteiger partial charge >= 0.3 is 0 Å². The molecule has 1 aromatic heterocycles. The summed E-state index contributed by atoms with van der Waals surface area (Å²) in [6.07, 6.45) is 8.20. The highest BCUT2D eigenvalue weighted by Gasteiger charge is 2.27. The topological polar surface area (TPSA) is 37.3 Å². The minimum Gasteiger partial charge on any atom is -0.353 e. The fourth-order valence-electron chi connectivity index (χ4n) is 5.25. The van der Waals surface area contributed by atoms with Crippen molar-refractivity contribution in [3.8, 4) is 0 Å². The lowest BCUT2D eigenvalue weighted by Gasteiger charge is -2.33. The summed E-state index contributed by atoms with van der Waals surface area (Å²) in [5.41, 5.74) is 4.20. The molecular weight excluding hydrogens is 346 g/mol. The van der Waals surface area contributed by atoms with Crippen molar-refractivity contribution in [2.75, 3.05) is 13.1 Å². The molecule has 2 heterocycles. The molecule has 1 aliphatic carbocycles. The number of piperidine rings is 1. The smallest absolute Gasteiger partial charge is 0.223 e. The van der Waals surface area contributed by atoms with Gasteiger partial charge in [0.05, 0.1) is 0 Å². The van der Waals surface area contributed by atoms with Gasteiger partial charge in [0.1, 0.15) is 0 Å². The molecule has 0 spiro atoms. The van der Waals surface area contributed by atoms with E-state index in [1.54, 1.807) is 0 Å². The molecule has 4 rings (SSSR count). The predicted molar refractivity (Wildman–Crippen MR) is 115 cm³/mol. The maximum Gasteiger partial charge on any atom is 0.223 e. The number of hydrogen-bond acceptors (Lipinski definition) is 2. The molecule has 4 heteroatoms. The third kappa shape index (κ3) is 3.98. The zero-order chi connectivity index (χ0) is 19.5. The lowest BCUT2D eigenvalue weighted by atomic mass is 9.92. The van der Waals surface area contributed by atoms with Crippen LogP contribution in [0.4, 0.5) is 0 Å². The van der Waals surface area contributed by atoms with Crippen molar-refractivity contribution < 1.29 is 4.79 Å². The number of hydrogen-bond donors (Lipinski definition) is 1. The molecule has 2 aromatic rings. The summed E-state index contributed by atoms with van der Waals surface area (Å²) in [6, 6.07) is 9.20. The number of para-hydroxylation sites is 1. The van der Waals surface area contributed by atoms with Crippen LogP contribution in [0, 0.1) is 12.8 Å². The van der Waals surface area contributed by atoms with E-state index in [-0.39, 0.29) is 5.92 Å². The van der Waals surface area contributed by atoms with Gasteiger partial charge in [-0.3, -0.25) is 9.69 Å². The van der Waals surface area contributed by atoms with Crippen molar-refractivity contribution in [1.82, 2.24) is 14.8 Å². The molecule has 0 atom stereocenters. The number of carbonyl (C=O) groups is 1. The number of nitrogens with one attached hydrogen (secondary N) is 1. The van der Waals surface area contributed by atoms with E-state index in [4.69, 9.17) is 0 Å². The van der Waals surface area contributed by atoms with Crippen LogP contribution in [0.25, 0.3) is 10.9 Å². The van der Waals surface area contributed by atoms with Crippen molar-refractivity contribution in [3.63, 3.8) is 0 Å². The molecule has 1 N–H and O–H groups in total. The second kappa shape index (κ2) is 8.69. The summed E-state index contributed by atoms with van der Waals surface area (Å²) in [5, 5.41) is 4.72. The van der Waals surface area contributed by atoms with Gasteiger partial charge in [-0.2, -0.15) is 0 Å². The first kappa shape index (κ1) is 19.5. The molecule has 0 radical (unpaired) electrons. The van der Waals surface area contributed by atoms with Gasteiger partial charge in [-0.05, 0) is 64.3 Å². The summed E-state index contributed by atoms with van der Waals surface area (Å²) in [5.74, 6) is 0.515. The van der Waals surface area contributed by atoms with Gasteiger partial charge in [-0.1, -0.05) is 37.5 Å².